The smallest absolute Gasteiger partial charge is 0.191 e. The molecule has 0 amide bonds. The third-order valence-electron chi connectivity index (χ3n) is 4.52. The van der Waals surface area contributed by atoms with E-state index in [4.69, 9.17) is 9.41 Å². The van der Waals surface area contributed by atoms with Gasteiger partial charge in [0.25, 0.3) is 0 Å². The molecule has 4 rings (SSSR count). The highest BCUT2D eigenvalue weighted by Crippen LogP contribution is 2.13. The first-order chi connectivity index (χ1) is 13.3. The van der Waals surface area contributed by atoms with Crippen LogP contribution in [0.3, 0.4) is 0 Å². The third kappa shape index (κ3) is 5.57. The lowest BCUT2D eigenvalue weighted by Crippen LogP contribution is -2.47. The zero-order valence-electron chi connectivity index (χ0n) is 15.8. The Morgan fingerprint density at radius 1 is 1.39 bits per heavy atom. The summed E-state index contributed by atoms with van der Waals surface area (Å²) in [5, 5.41) is 13.6. The van der Waals surface area contributed by atoms with Gasteiger partial charge in [0.1, 0.15) is 17.4 Å². The molecular formula is C19H25IN6OS. The van der Waals surface area contributed by atoms with E-state index in [2.05, 4.69) is 38.2 Å². The van der Waals surface area contributed by atoms with Crippen LogP contribution >= 0.6 is 35.3 Å². The van der Waals surface area contributed by atoms with Gasteiger partial charge in [-0.05, 0) is 36.9 Å². The second-order valence-corrected chi connectivity index (χ2v) is 7.67. The second-order valence-electron chi connectivity index (χ2n) is 6.64. The van der Waals surface area contributed by atoms with Crippen molar-refractivity contribution >= 4 is 41.3 Å². The summed E-state index contributed by atoms with van der Waals surface area (Å²) < 4.78 is 7.42. The molecule has 0 saturated carbocycles. The Bertz CT molecular complexity index is 875. The second kappa shape index (κ2) is 10.1. The van der Waals surface area contributed by atoms with Gasteiger partial charge in [-0.25, -0.2) is 14.7 Å². The zero-order valence-corrected chi connectivity index (χ0v) is 18.9. The fourth-order valence-electron chi connectivity index (χ4n) is 3.22. The maximum Gasteiger partial charge on any atom is 0.191 e. The Labute approximate surface area is 185 Å². The minimum atomic E-state index is 0. The number of nitrogens with zero attached hydrogens (tertiary/aromatic N) is 4. The topological polar surface area (TPSA) is 80.3 Å². The summed E-state index contributed by atoms with van der Waals surface area (Å²) >= 11 is 1.73. The van der Waals surface area contributed by atoms with Crippen LogP contribution in [0, 0.1) is 6.92 Å². The number of aryl methyl sites for hydroxylation is 2. The van der Waals surface area contributed by atoms with Crippen LogP contribution < -0.4 is 10.6 Å². The molecule has 0 saturated heterocycles. The molecule has 1 aliphatic heterocycles. The third-order valence-corrected chi connectivity index (χ3v) is 5.38. The van der Waals surface area contributed by atoms with Gasteiger partial charge >= 0.3 is 0 Å². The number of nitrogens with one attached hydrogen (secondary N) is 2. The number of aromatic nitrogens is 3. The molecule has 150 valence electrons. The SMILES string of the molecule is Cc1nc2n(n1)CC(NC(=NCc1cccs1)NCCc1ccco1)CC2.I. The zero-order chi connectivity index (χ0) is 18.5. The largest absolute Gasteiger partial charge is 0.469 e. The van der Waals surface area contributed by atoms with Gasteiger partial charge in [-0.2, -0.15) is 5.10 Å². The van der Waals surface area contributed by atoms with Crippen molar-refractivity contribution in [2.75, 3.05) is 6.54 Å². The molecule has 0 spiro atoms. The van der Waals surface area contributed by atoms with Gasteiger partial charge in [0.05, 0.1) is 19.4 Å². The lowest BCUT2D eigenvalue weighted by Gasteiger charge is -2.25. The van der Waals surface area contributed by atoms with E-state index in [-0.39, 0.29) is 30.0 Å². The summed E-state index contributed by atoms with van der Waals surface area (Å²) in [5.41, 5.74) is 0. The summed E-state index contributed by atoms with van der Waals surface area (Å²) in [5.74, 6) is 3.72. The van der Waals surface area contributed by atoms with Crippen LogP contribution in [-0.2, 0) is 25.9 Å². The molecule has 0 aliphatic carbocycles. The molecule has 0 radical (unpaired) electrons. The van der Waals surface area contributed by atoms with Crippen molar-refractivity contribution in [1.29, 1.82) is 0 Å². The molecule has 1 unspecified atom stereocenters. The van der Waals surface area contributed by atoms with Gasteiger partial charge in [0, 0.05) is 30.3 Å². The van der Waals surface area contributed by atoms with Crippen molar-refractivity contribution in [3.63, 3.8) is 0 Å². The predicted molar refractivity (Wildman–Crippen MR) is 121 cm³/mol. The minimum absolute atomic E-state index is 0. The van der Waals surface area contributed by atoms with Crippen LogP contribution in [0.2, 0.25) is 0 Å². The van der Waals surface area contributed by atoms with E-state index in [0.717, 1.165) is 55.7 Å². The summed E-state index contributed by atoms with van der Waals surface area (Å²) in [6.45, 7) is 4.20. The van der Waals surface area contributed by atoms with Crippen LogP contribution in [0.4, 0.5) is 0 Å². The normalized spacial score (nSPS) is 16.3. The van der Waals surface area contributed by atoms with E-state index in [1.165, 1.54) is 4.88 Å². The van der Waals surface area contributed by atoms with Gasteiger partial charge < -0.3 is 15.1 Å². The van der Waals surface area contributed by atoms with E-state index >= 15 is 0 Å². The van der Waals surface area contributed by atoms with E-state index < -0.39 is 0 Å². The van der Waals surface area contributed by atoms with Crippen LogP contribution in [0.5, 0.6) is 0 Å². The van der Waals surface area contributed by atoms with Gasteiger partial charge in [-0.1, -0.05) is 6.07 Å². The highest BCUT2D eigenvalue weighted by molar-refractivity contribution is 14.0. The molecule has 1 aliphatic rings. The first kappa shape index (κ1) is 20.8. The Kier molecular flexibility index (Phi) is 7.49. The van der Waals surface area contributed by atoms with Crippen LogP contribution in [0.15, 0.2) is 45.3 Å². The molecule has 7 nitrogen and oxygen atoms in total. The highest BCUT2D eigenvalue weighted by Gasteiger charge is 2.21. The first-order valence-electron chi connectivity index (χ1n) is 9.26. The maximum atomic E-state index is 5.41. The fraction of sp³-hybridized carbons (Fsp3) is 0.421. The number of halogens is 1. The lowest BCUT2D eigenvalue weighted by atomic mass is 10.1. The van der Waals surface area contributed by atoms with Crippen molar-refractivity contribution in [3.05, 3.63) is 58.2 Å². The first-order valence-corrected chi connectivity index (χ1v) is 10.1. The van der Waals surface area contributed by atoms with Crippen LogP contribution in [0.25, 0.3) is 0 Å². The van der Waals surface area contributed by atoms with Crippen molar-refractivity contribution in [1.82, 2.24) is 25.4 Å². The van der Waals surface area contributed by atoms with Gasteiger partial charge in [0.2, 0.25) is 0 Å². The molecule has 2 N–H and O–H groups in total. The predicted octanol–water partition coefficient (Wildman–Crippen LogP) is 3.15. The quantitative estimate of drug-likeness (QED) is 0.302. The Balaban J connectivity index is 0.00000225. The Morgan fingerprint density at radius 2 is 2.32 bits per heavy atom. The standard InChI is InChI=1S/C19H24N6OS.HI/c1-14-22-18-7-6-15(13-25(18)24-14)23-19(21-12-17-5-3-11-27-17)20-9-8-16-4-2-10-26-16;/h2-5,10-11,15H,6-9,12-13H2,1H3,(H2,20,21,23);1H. The van der Waals surface area contributed by atoms with Gasteiger partial charge in [0.15, 0.2) is 5.96 Å². The number of guanidine groups is 1. The number of hydrogen-bond donors (Lipinski definition) is 2. The van der Waals surface area contributed by atoms with E-state index in [9.17, 15) is 0 Å². The molecule has 9 heteroatoms. The van der Waals surface area contributed by atoms with Gasteiger partial charge in [-0.15, -0.1) is 35.3 Å². The van der Waals surface area contributed by atoms with Crippen LogP contribution in [-0.4, -0.2) is 33.3 Å². The summed E-state index contributed by atoms with van der Waals surface area (Å²) in [6, 6.07) is 8.37. The molecule has 3 aromatic heterocycles. The van der Waals surface area contributed by atoms with E-state index in [1.807, 2.05) is 23.7 Å². The Hall–Kier alpha value is -1.88. The highest BCUT2D eigenvalue weighted by atomic mass is 127. The van der Waals surface area contributed by atoms with Crippen molar-refractivity contribution < 1.29 is 4.42 Å². The van der Waals surface area contributed by atoms with E-state index in [0.29, 0.717) is 6.54 Å². The van der Waals surface area contributed by atoms with Gasteiger partial charge in [-0.3, -0.25) is 0 Å². The number of furan rings is 1. The van der Waals surface area contributed by atoms with Crippen molar-refractivity contribution in [2.24, 2.45) is 4.99 Å². The maximum absolute atomic E-state index is 5.41. The summed E-state index contributed by atoms with van der Waals surface area (Å²) in [7, 11) is 0. The molecule has 0 fully saturated rings. The van der Waals surface area contributed by atoms with Crippen molar-refractivity contribution in [2.45, 2.75) is 45.3 Å². The number of rotatable bonds is 6. The van der Waals surface area contributed by atoms with Crippen LogP contribution in [0.1, 0.15) is 28.7 Å². The summed E-state index contributed by atoms with van der Waals surface area (Å²) in [4.78, 5) is 10.5. The molecular weight excluding hydrogens is 487 g/mol. The minimum Gasteiger partial charge on any atom is -0.469 e. The summed E-state index contributed by atoms with van der Waals surface area (Å²) in [6.07, 6.45) is 4.49. The molecule has 1 atom stereocenters. The molecule has 4 heterocycles. The number of hydrogen-bond acceptors (Lipinski definition) is 5. The van der Waals surface area contributed by atoms with E-state index in [1.54, 1.807) is 17.6 Å². The number of fused-ring (bicyclic) bond motifs is 1. The monoisotopic (exact) mass is 512 g/mol. The molecule has 0 aromatic carbocycles. The van der Waals surface area contributed by atoms with Crippen molar-refractivity contribution in [3.8, 4) is 0 Å². The Morgan fingerprint density at radius 3 is 3.11 bits per heavy atom. The molecule has 3 aromatic rings. The average molecular weight is 512 g/mol. The number of aliphatic imine (C=N–C) groups is 1. The fourth-order valence-corrected chi connectivity index (χ4v) is 3.84. The average Bonchev–Trinajstić information content (AvgIpc) is 3.40. The number of thiophene rings is 1. The molecule has 0 bridgehead atoms. The lowest BCUT2D eigenvalue weighted by molar-refractivity contribution is 0.392. The molecule has 28 heavy (non-hydrogen) atoms.